The molecule has 4 rings (SSSR count). The van der Waals surface area contributed by atoms with Crippen molar-refractivity contribution in [3.63, 3.8) is 0 Å². The highest BCUT2D eigenvalue weighted by atomic mass is 16.5. The van der Waals surface area contributed by atoms with Gasteiger partial charge in [-0.25, -0.2) is 4.99 Å². The van der Waals surface area contributed by atoms with E-state index in [4.69, 9.17) is 4.74 Å². The summed E-state index contributed by atoms with van der Waals surface area (Å²) in [6.07, 6.45) is 8.28. The second-order valence-corrected chi connectivity index (χ2v) is 9.22. The van der Waals surface area contributed by atoms with Crippen LogP contribution in [0.25, 0.3) is 11.1 Å². The highest BCUT2D eigenvalue weighted by Gasteiger charge is 2.27. The first-order valence-electron chi connectivity index (χ1n) is 11.0. The minimum atomic E-state index is -0.112. The molecule has 1 saturated carbocycles. The number of hydrogen-bond acceptors (Lipinski definition) is 2. The number of aliphatic imine (C=N–C) groups is 1. The van der Waals surface area contributed by atoms with Crippen molar-refractivity contribution in [3.05, 3.63) is 59.7 Å². The Morgan fingerprint density at radius 2 is 1.43 bits per heavy atom. The molecular formula is C26H33NO. The van der Waals surface area contributed by atoms with Crippen molar-refractivity contribution < 1.29 is 4.74 Å². The van der Waals surface area contributed by atoms with Crippen LogP contribution in [0.1, 0.15) is 76.3 Å². The van der Waals surface area contributed by atoms with E-state index in [2.05, 4.69) is 74.3 Å². The molecule has 0 spiro atoms. The molecule has 0 atom stereocenters. The van der Waals surface area contributed by atoms with Crippen LogP contribution in [0, 0.1) is 5.92 Å². The van der Waals surface area contributed by atoms with Gasteiger partial charge in [0.25, 0.3) is 0 Å². The molecule has 0 saturated heterocycles. The van der Waals surface area contributed by atoms with Crippen molar-refractivity contribution in [1.82, 2.24) is 0 Å². The van der Waals surface area contributed by atoms with Crippen LogP contribution in [-0.2, 0) is 4.74 Å². The van der Waals surface area contributed by atoms with E-state index in [0.29, 0.717) is 6.61 Å². The fraction of sp³-hybridized carbons (Fsp3) is 0.500. The lowest BCUT2D eigenvalue weighted by atomic mass is 9.77. The summed E-state index contributed by atoms with van der Waals surface area (Å²) in [5.41, 5.74) is 5.00. The fourth-order valence-corrected chi connectivity index (χ4v) is 4.68. The second kappa shape index (κ2) is 8.11. The molecule has 0 radical (unpaired) electrons. The van der Waals surface area contributed by atoms with Crippen molar-refractivity contribution in [2.75, 3.05) is 6.61 Å². The number of benzene rings is 2. The predicted molar refractivity (Wildman–Crippen MR) is 118 cm³/mol. The van der Waals surface area contributed by atoms with Gasteiger partial charge in [-0.15, -0.1) is 0 Å². The van der Waals surface area contributed by atoms with Crippen LogP contribution < -0.4 is 0 Å². The van der Waals surface area contributed by atoms with E-state index in [-0.39, 0.29) is 5.54 Å². The molecule has 0 aromatic heterocycles. The summed E-state index contributed by atoms with van der Waals surface area (Å²) in [5.74, 6) is 2.49. The third-order valence-corrected chi connectivity index (χ3v) is 6.36. The van der Waals surface area contributed by atoms with E-state index in [0.717, 1.165) is 23.3 Å². The molecule has 2 aromatic carbocycles. The smallest absolute Gasteiger partial charge is 0.216 e. The molecule has 2 heteroatoms. The monoisotopic (exact) mass is 375 g/mol. The predicted octanol–water partition coefficient (Wildman–Crippen LogP) is 6.98. The van der Waals surface area contributed by atoms with E-state index >= 15 is 0 Å². The van der Waals surface area contributed by atoms with Crippen LogP contribution >= 0.6 is 0 Å². The summed E-state index contributed by atoms with van der Waals surface area (Å²) in [4.78, 5) is 4.67. The molecule has 0 N–H and O–H groups in total. The molecule has 1 aliphatic heterocycles. The summed E-state index contributed by atoms with van der Waals surface area (Å²) in [7, 11) is 0. The lowest BCUT2D eigenvalue weighted by molar-refractivity contribution is 0.279. The van der Waals surface area contributed by atoms with E-state index < -0.39 is 0 Å². The summed E-state index contributed by atoms with van der Waals surface area (Å²) in [6, 6.07) is 17.9. The van der Waals surface area contributed by atoms with Gasteiger partial charge in [-0.1, -0.05) is 56.2 Å². The Kier molecular flexibility index (Phi) is 5.57. The van der Waals surface area contributed by atoms with Crippen molar-refractivity contribution >= 4 is 5.90 Å². The molecule has 0 bridgehead atoms. The van der Waals surface area contributed by atoms with Crippen LogP contribution in [0.5, 0.6) is 0 Å². The van der Waals surface area contributed by atoms with Gasteiger partial charge in [0.15, 0.2) is 0 Å². The standard InChI is InChI=1S/C26H33NO/c1-4-5-19-6-8-20(9-7-19)21-10-12-22(13-11-21)23-14-16-24(17-15-23)25-27-26(2,3)18-28-25/h10-17,19-20H,4-9,18H2,1-3H3/t19-,20-. The van der Waals surface area contributed by atoms with E-state index in [1.165, 1.54) is 55.2 Å². The Bertz CT molecular complexity index is 809. The first-order chi connectivity index (χ1) is 13.5. The third-order valence-electron chi connectivity index (χ3n) is 6.36. The Morgan fingerprint density at radius 1 is 0.857 bits per heavy atom. The molecule has 1 heterocycles. The van der Waals surface area contributed by atoms with E-state index in [9.17, 15) is 0 Å². The lowest BCUT2D eigenvalue weighted by Crippen LogP contribution is -2.17. The summed E-state index contributed by atoms with van der Waals surface area (Å²) >= 11 is 0. The Labute approximate surface area is 170 Å². The average molecular weight is 376 g/mol. The van der Waals surface area contributed by atoms with Crippen LogP contribution in [-0.4, -0.2) is 18.0 Å². The van der Waals surface area contributed by atoms with Gasteiger partial charge in [0, 0.05) is 5.56 Å². The molecule has 28 heavy (non-hydrogen) atoms. The van der Waals surface area contributed by atoms with Gasteiger partial charge in [-0.2, -0.15) is 0 Å². The average Bonchev–Trinajstić information content (AvgIpc) is 3.09. The number of hydrogen-bond donors (Lipinski definition) is 0. The number of rotatable bonds is 5. The molecule has 2 aromatic rings. The summed E-state index contributed by atoms with van der Waals surface area (Å²) in [6.45, 7) is 7.18. The number of ether oxygens (including phenoxy) is 1. The van der Waals surface area contributed by atoms with Crippen molar-refractivity contribution in [1.29, 1.82) is 0 Å². The fourth-order valence-electron chi connectivity index (χ4n) is 4.68. The van der Waals surface area contributed by atoms with Crippen molar-refractivity contribution in [2.24, 2.45) is 10.9 Å². The maximum absolute atomic E-state index is 5.76. The van der Waals surface area contributed by atoms with Gasteiger partial charge in [0.05, 0.1) is 5.54 Å². The zero-order valence-electron chi connectivity index (χ0n) is 17.6. The van der Waals surface area contributed by atoms with Gasteiger partial charge in [-0.3, -0.25) is 0 Å². The van der Waals surface area contributed by atoms with Gasteiger partial charge in [0.1, 0.15) is 6.61 Å². The van der Waals surface area contributed by atoms with E-state index in [1.54, 1.807) is 0 Å². The van der Waals surface area contributed by atoms with Crippen LogP contribution in [0.3, 0.4) is 0 Å². The molecule has 148 valence electrons. The van der Waals surface area contributed by atoms with Gasteiger partial charge in [-0.05, 0) is 80.2 Å². The molecule has 1 fully saturated rings. The quantitative estimate of drug-likeness (QED) is 0.552. The third kappa shape index (κ3) is 4.32. The van der Waals surface area contributed by atoms with Gasteiger partial charge >= 0.3 is 0 Å². The normalized spacial score (nSPS) is 23.9. The highest BCUT2D eigenvalue weighted by molar-refractivity contribution is 5.95. The Balaban J connectivity index is 1.42. The summed E-state index contributed by atoms with van der Waals surface area (Å²) < 4.78 is 5.76. The van der Waals surface area contributed by atoms with Crippen LogP contribution in [0.2, 0.25) is 0 Å². The maximum Gasteiger partial charge on any atom is 0.216 e. The van der Waals surface area contributed by atoms with Gasteiger partial charge < -0.3 is 4.74 Å². The first kappa shape index (κ1) is 19.2. The largest absolute Gasteiger partial charge is 0.475 e. The molecule has 1 aliphatic carbocycles. The molecule has 0 unspecified atom stereocenters. The SMILES string of the molecule is CCC[C@H]1CC[C@H](c2ccc(-c3ccc(C4=NC(C)(C)CO4)cc3)cc2)CC1. The zero-order valence-corrected chi connectivity index (χ0v) is 17.6. The topological polar surface area (TPSA) is 21.6 Å². The Hall–Kier alpha value is -2.09. The minimum Gasteiger partial charge on any atom is -0.475 e. The first-order valence-corrected chi connectivity index (χ1v) is 11.0. The number of nitrogens with zero attached hydrogens (tertiary/aromatic N) is 1. The summed E-state index contributed by atoms with van der Waals surface area (Å²) in [5, 5.41) is 0. The molecule has 2 aliphatic rings. The highest BCUT2D eigenvalue weighted by Crippen LogP contribution is 2.38. The lowest BCUT2D eigenvalue weighted by Gasteiger charge is -2.28. The van der Waals surface area contributed by atoms with Crippen LogP contribution in [0.4, 0.5) is 0 Å². The molecule has 2 nitrogen and oxygen atoms in total. The maximum atomic E-state index is 5.76. The zero-order chi connectivity index (χ0) is 19.6. The Morgan fingerprint density at radius 3 is 1.96 bits per heavy atom. The minimum absolute atomic E-state index is 0.112. The second-order valence-electron chi connectivity index (χ2n) is 9.22. The van der Waals surface area contributed by atoms with Gasteiger partial charge in [0.2, 0.25) is 5.90 Å². The molecular weight excluding hydrogens is 342 g/mol. The molecule has 0 amide bonds. The van der Waals surface area contributed by atoms with E-state index in [1.807, 2.05) is 0 Å². The van der Waals surface area contributed by atoms with Crippen molar-refractivity contribution in [2.45, 2.75) is 70.8 Å². The van der Waals surface area contributed by atoms with Crippen molar-refractivity contribution in [3.8, 4) is 11.1 Å². The van der Waals surface area contributed by atoms with Crippen LogP contribution in [0.15, 0.2) is 53.5 Å².